The molecule has 0 aromatic carbocycles. The summed E-state index contributed by atoms with van der Waals surface area (Å²) in [7, 11) is -3.24. The molecule has 0 spiro atoms. The van der Waals surface area contributed by atoms with Crippen LogP contribution in [0.3, 0.4) is 0 Å². The normalized spacial score (nSPS) is 15.9. The van der Waals surface area contributed by atoms with E-state index in [1.165, 1.54) is 12.8 Å². The Morgan fingerprint density at radius 3 is 2.68 bits per heavy atom. The first-order chi connectivity index (χ1) is 10.4. The van der Waals surface area contributed by atoms with Gasteiger partial charge in [0.1, 0.15) is 0 Å². The van der Waals surface area contributed by atoms with Crippen LogP contribution >= 0.6 is 0 Å². The zero-order valence-electron chi connectivity index (χ0n) is 12.5. The quantitative estimate of drug-likeness (QED) is 0.607. The highest BCUT2D eigenvalue weighted by molar-refractivity contribution is 7.88. The average Bonchev–Trinajstić information content (AvgIpc) is 3.10. The first-order valence-electron chi connectivity index (χ1n) is 7.23. The molecule has 1 aromatic rings. The first kappa shape index (κ1) is 16.7. The number of nitrogens with one attached hydrogen (secondary N) is 3. The third kappa shape index (κ3) is 5.60. The molecule has 1 aliphatic carbocycles. The standard InChI is InChI=1S/C12H21N5O4S/c1-22(19,20)15-7-6-13-12(18)14-8-10-16-11(21-17-10)9-4-2-3-5-9/h9,15H,2-8H2,1H3,(H2,13,14,18). The number of carbonyl (C=O) groups is 1. The predicted octanol–water partition coefficient (Wildman–Crippen LogP) is 0.0756. The molecule has 0 atom stereocenters. The van der Waals surface area contributed by atoms with E-state index in [1.807, 2.05) is 0 Å². The van der Waals surface area contributed by atoms with Gasteiger partial charge in [0.15, 0.2) is 5.82 Å². The van der Waals surface area contributed by atoms with E-state index >= 15 is 0 Å². The zero-order valence-corrected chi connectivity index (χ0v) is 13.3. The maximum absolute atomic E-state index is 11.5. The van der Waals surface area contributed by atoms with Crippen LogP contribution in [0.4, 0.5) is 4.79 Å². The van der Waals surface area contributed by atoms with E-state index in [-0.39, 0.29) is 19.6 Å². The van der Waals surface area contributed by atoms with Crippen molar-refractivity contribution in [1.82, 2.24) is 25.5 Å². The lowest BCUT2D eigenvalue weighted by atomic mass is 10.1. The molecule has 1 heterocycles. The Morgan fingerprint density at radius 1 is 1.27 bits per heavy atom. The van der Waals surface area contributed by atoms with Crippen molar-refractivity contribution in [3.8, 4) is 0 Å². The van der Waals surface area contributed by atoms with Crippen molar-refractivity contribution in [2.75, 3.05) is 19.3 Å². The fourth-order valence-electron chi connectivity index (χ4n) is 2.31. The van der Waals surface area contributed by atoms with E-state index in [9.17, 15) is 13.2 Å². The number of nitrogens with zero attached hydrogens (tertiary/aromatic N) is 2. The molecule has 1 aliphatic rings. The van der Waals surface area contributed by atoms with E-state index in [4.69, 9.17) is 4.52 Å². The molecule has 124 valence electrons. The molecule has 1 fully saturated rings. The molecule has 2 amide bonds. The van der Waals surface area contributed by atoms with Gasteiger partial charge >= 0.3 is 6.03 Å². The zero-order chi connectivity index (χ0) is 16.0. The van der Waals surface area contributed by atoms with Gasteiger partial charge in [0.2, 0.25) is 15.9 Å². The third-order valence-corrected chi connectivity index (χ3v) is 4.10. The second-order valence-corrected chi connectivity index (χ2v) is 7.14. The number of sulfonamides is 1. The molecule has 2 rings (SSSR count). The number of hydrogen-bond donors (Lipinski definition) is 3. The van der Waals surface area contributed by atoms with Crippen LogP contribution in [0.25, 0.3) is 0 Å². The summed E-state index contributed by atoms with van der Waals surface area (Å²) in [5.41, 5.74) is 0. The van der Waals surface area contributed by atoms with Crippen LogP contribution in [0.15, 0.2) is 4.52 Å². The highest BCUT2D eigenvalue weighted by Crippen LogP contribution is 2.32. The molecular formula is C12H21N5O4S. The molecular weight excluding hydrogens is 310 g/mol. The Balaban J connectivity index is 1.66. The lowest BCUT2D eigenvalue weighted by Crippen LogP contribution is -2.39. The number of aromatic nitrogens is 2. The van der Waals surface area contributed by atoms with Gasteiger partial charge in [0.25, 0.3) is 0 Å². The Kier molecular flexibility index (Phi) is 5.72. The molecule has 3 N–H and O–H groups in total. The van der Waals surface area contributed by atoms with Crippen molar-refractivity contribution < 1.29 is 17.7 Å². The van der Waals surface area contributed by atoms with Gasteiger partial charge in [-0.1, -0.05) is 18.0 Å². The monoisotopic (exact) mass is 331 g/mol. The van der Waals surface area contributed by atoms with Crippen LogP contribution in [0.1, 0.15) is 43.3 Å². The SMILES string of the molecule is CS(=O)(=O)NCCNC(=O)NCc1noc(C2CCCC2)n1. The van der Waals surface area contributed by atoms with Gasteiger partial charge in [-0.25, -0.2) is 17.9 Å². The topological polar surface area (TPSA) is 126 Å². The summed E-state index contributed by atoms with van der Waals surface area (Å²) in [4.78, 5) is 15.8. The largest absolute Gasteiger partial charge is 0.339 e. The smallest absolute Gasteiger partial charge is 0.315 e. The van der Waals surface area contributed by atoms with Gasteiger partial charge in [-0.2, -0.15) is 4.98 Å². The first-order valence-corrected chi connectivity index (χ1v) is 9.12. The van der Waals surface area contributed by atoms with Crippen molar-refractivity contribution in [2.24, 2.45) is 0 Å². The van der Waals surface area contributed by atoms with Crippen LogP contribution in [0, 0.1) is 0 Å². The van der Waals surface area contributed by atoms with Crippen molar-refractivity contribution in [3.63, 3.8) is 0 Å². The summed E-state index contributed by atoms with van der Waals surface area (Å²) in [6, 6.07) is -0.414. The van der Waals surface area contributed by atoms with Gasteiger partial charge < -0.3 is 15.2 Å². The highest BCUT2D eigenvalue weighted by atomic mass is 32.2. The average molecular weight is 331 g/mol. The molecule has 9 nitrogen and oxygen atoms in total. The molecule has 0 aliphatic heterocycles. The number of rotatable bonds is 7. The van der Waals surface area contributed by atoms with Crippen molar-refractivity contribution >= 4 is 16.1 Å². The molecule has 0 unspecified atom stereocenters. The third-order valence-electron chi connectivity index (χ3n) is 3.37. The van der Waals surface area contributed by atoms with E-state index in [0.29, 0.717) is 17.6 Å². The molecule has 1 saturated carbocycles. The summed E-state index contributed by atoms with van der Waals surface area (Å²) >= 11 is 0. The van der Waals surface area contributed by atoms with Crippen LogP contribution < -0.4 is 15.4 Å². The maximum atomic E-state index is 11.5. The van der Waals surface area contributed by atoms with Crippen molar-refractivity contribution in [3.05, 3.63) is 11.7 Å². The Morgan fingerprint density at radius 2 is 2.00 bits per heavy atom. The summed E-state index contributed by atoms with van der Waals surface area (Å²) in [6.07, 6.45) is 5.58. The van der Waals surface area contributed by atoms with E-state index in [0.717, 1.165) is 19.1 Å². The number of amides is 2. The molecule has 0 radical (unpaired) electrons. The van der Waals surface area contributed by atoms with Crippen LogP contribution in [-0.4, -0.2) is 43.9 Å². The van der Waals surface area contributed by atoms with Gasteiger partial charge in [-0.05, 0) is 12.8 Å². The molecule has 10 heteroatoms. The molecule has 0 saturated heterocycles. The van der Waals surface area contributed by atoms with Gasteiger partial charge in [-0.15, -0.1) is 0 Å². The van der Waals surface area contributed by atoms with Gasteiger partial charge in [0.05, 0.1) is 12.8 Å². The second kappa shape index (κ2) is 7.54. The summed E-state index contributed by atoms with van der Waals surface area (Å²) in [5, 5.41) is 8.95. The lowest BCUT2D eigenvalue weighted by molar-refractivity contribution is 0.240. The Bertz CT molecular complexity index is 594. The second-order valence-electron chi connectivity index (χ2n) is 5.31. The van der Waals surface area contributed by atoms with E-state index in [1.54, 1.807) is 0 Å². The van der Waals surface area contributed by atoms with Crippen molar-refractivity contribution in [2.45, 2.75) is 38.1 Å². The molecule has 22 heavy (non-hydrogen) atoms. The predicted molar refractivity (Wildman–Crippen MR) is 78.6 cm³/mol. The minimum absolute atomic E-state index is 0.139. The highest BCUT2D eigenvalue weighted by Gasteiger charge is 2.22. The van der Waals surface area contributed by atoms with E-state index < -0.39 is 16.1 Å². The molecule has 0 bridgehead atoms. The fraction of sp³-hybridized carbons (Fsp3) is 0.750. The van der Waals surface area contributed by atoms with Crippen LogP contribution in [0.2, 0.25) is 0 Å². The van der Waals surface area contributed by atoms with Gasteiger partial charge in [0, 0.05) is 19.0 Å². The maximum Gasteiger partial charge on any atom is 0.315 e. The summed E-state index contributed by atoms with van der Waals surface area (Å²) in [6.45, 7) is 0.500. The Hall–Kier alpha value is -1.68. The van der Waals surface area contributed by atoms with Gasteiger partial charge in [-0.3, -0.25) is 0 Å². The van der Waals surface area contributed by atoms with E-state index in [2.05, 4.69) is 25.5 Å². The van der Waals surface area contributed by atoms with Crippen molar-refractivity contribution in [1.29, 1.82) is 0 Å². The Labute approximate surface area is 129 Å². The summed E-state index contributed by atoms with van der Waals surface area (Å²) in [5.74, 6) is 1.43. The number of urea groups is 1. The number of carbonyl (C=O) groups excluding carboxylic acids is 1. The van der Waals surface area contributed by atoms with Crippen LogP contribution in [0.5, 0.6) is 0 Å². The van der Waals surface area contributed by atoms with Crippen LogP contribution in [-0.2, 0) is 16.6 Å². The molecule has 1 aromatic heterocycles. The minimum Gasteiger partial charge on any atom is -0.339 e. The lowest BCUT2D eigenvalue weighted by Gasteiger charge is -2.06. The number of hydrogen-bond acceptors (Lipinski definition) is 6. The minimum atomic E-state index is -3.24. The summed E-state index contributed by atoms with van der Waals surface area (Å²) < 4.78 is 29.1. The fourth-order valence-corrected chi connectivity index (χ4v) is 2.79.